The molecule has 1 amide bonds. The van der Waals surface area contributed by atoms with Gasteiger partial charge in [0.05, 0.1) is 0 Å². The van der Waals surface area contributed by atoms with Crippen LogP contribution in [0.5, 0.6) is 0 Å². The van der Waals surface area contributed by atoms with Gasteiger partial charge in [-0.2, -0.15) is 0 Å². The Morgan fingerprint density at radius 3 is 1.54 bits per heavy atom. The lowest BCUT2D eigenvalue weighted by molar-refractivity contribution is -0.119. The van der Waals surface area contributed by atoms with Crippen LogP contribution in [0, 0.1) is 0 Å². The highest BCUT2D eigenvalue weighted by Crippen LogP contribution is 2.13. The minimum atomic E-state index is 0.0916. The number of carbonyl (C=O) groups is 1. The third-order valence-corrected chi connectivity index (χ3v) is 6.11. The van der Waals surface area contributed by atoms with Gasteiger partial charge in [-0.15, -0.1) is 0 Å². The molecule has 0 aliphatic heterocycles. The summed E-state index contributed by atoms with van der Waals surface area (Å²) in [7, 11) is 3.77. The maximum atomic E-state index is 11.7. The van der Waals surface area contributed by atoms with Gasteiger partial charge < -0.3 is 4.90 Å². The van der Waals surface area contributed by atoms with Crippen LogP contribution < -0.4 is 4.72 Å². The van der Waals surface area contributed by atoms with E-state index in [4.69, 9.17) is 12.2 Å². The van der Waals surface area contributed by atoms with Crippen molar-refractivity contribution in [3.05, 3.63) is 0 Å². The second kappa shape index (κ2) is 19.5. The van der Waals surface area contributed by atoms with E-state index >= 15 is 0 Å². The molecule has 0 saturated carbocycles. The summed E-state index contributed by atoms with van der Waals surface area (Å²) < 4.78 is 3.50. The Hall–Kier alpha value is -0.290. The number of nitrogens with one attached hydrogen (secondary N) is 1. The first kappa shape index (κ1) is 25.7. The molecule has 26 heavy (non-hydrogen) atoms. The summed E-state index contributed by atoms with van der Waals surface area (Å²) in [5.41, 5.74) is 0. The minimum absolute atomic E-state index is 0.0916. The molecular formula is C21H42N2OS2. The fourth-order valence-corrected chi connectivity index (χ4v) is 3.51. The van der Waals surface area contributed by atoms with E-state index in [1.165, 1.54) is 95.4 Å². The largest absolute Gasteiger partial charge is 0.362 e. The average Bonchev–Trinajstić information content (AvgIpc) is 2.62. The number of nitrogens with zero attached hydrogens (tertiary/aromatic N) is 1. The third kappa shape index (κ3) is 18.5. The Bertz CT molecular complexity index is 349. The van der Waals surface area contributed by atoms with Crippen LogP contribution in [0.3, 0.4) is 0 Å². The summed E-state index contributed by atoms with van der Waals surface area (Å²) in [5, 5.41) is 0. The van der Waals surface area contributed by atoms with Crippen molar-refractivity contribution in [2.24, 2.45) is 0 Å². The number of thiocarbonyl (C=S) groups is 1. The first-order chi connectivity index (χ1) is 12.6. The molecule has 0 aliphatic carbocycles. The van der Waals surface area contributed by atoms with Gasteiger partial charge in [-0.1, -0.05) is 109 Å². The highest BCUT2D eigenvalue weighted by atomic mass is 32.2. The Kier molecular flexibility index (Phi) is 19.3. The summed E-state index contributed by atoms with van der Waals surface area (Å²) >= 11 is 6.36. The maximum Gasteiger partial charge on any atom is 0.230 e. The van der Waals surface area contributed by atoms with Gasteiger partial charge in [0.2, 0.25) is 5.91 Å². The number of hydrogen-bond donors (Lipinski definition) is 1. The van der Waals surface area contributed by atoms with Gasteiger partial charge in [0.1, 0.15) is 0 Å². The molecule has 1 N–H and O–H groups in total. The number of hydrogen-bond acceptors (Lipinski definition) is 3. The molecule has 154 valence electrons. The zero-order chi connectivity index (χ0) is 19.5. The highest BCUT2D eigenvalue weighted by Gasteiger charge is 2.05. The Balaban J connectivity index is 3.19. The number of unbranched alkanes of at least 4 members (excludes halogenated alkanes) is 14. The molecule has 3 nitrogen and oxygen atoms in total. The minimum Gasteiger partial charge on any atom is -0.362 e. The molecule has 0 radical (unpaired) electrons. The molecule has 0 unspecified atom stereocenters. The van der Waals surface area contributed by atoms with E-state index in [1.54, 1.807) is 0 Å². The Morgan fingerprint density at radius 1 is 0.769 bits per heavy atom. The monoisotopic (exact) mass is 402 g/mol. The normalized spacial score (nSPS) is 10.7. The fourth-order valence-electron chi connectivity index (χ4n) is 2.90. The molecule has 0 saturated heterocycles. The van der Waals surface area contributed by atoms with Crippen LogP contribution >= 0.6 is 24.2 Å². The molecule has 0 aromatic rings. The second-order valence-electron chi connectivity index (χ2n) is 7.49. The summed E-state index contributed by atoms with van der Waals surface area (Å²) in [6.45, 7) is 2.28. The van der Waals surface area contributed by atoms with Gasteiger partial charge >= 0.3 is 0 Å². The zero-order valence-corrected chi connectivity index (χ0v) is 19.1. The number of carbonyl (C=O) groups excluding carboxylic acids is 1. The highest BCUT2D eigenvalue weighted by molar-refractivity contribution is 8.21. The summed E-state index contributed by atoms with van der Waals surface area (Å²) in [6, 6.07) is 0. The lowest BCUT2D eigenvalue weighted by atomic mass is 10.0. The molecule has 0 bridgehead atoms. The van der Waals surface area contributed by atoms with E-state index in [0.29, 0.717) is 10.7 Å². The standard InChI is InChI=1S/C21H42N2OS2/c1-4-5-6-7-8-9-10-11-12-13-14-15-16-17-18-19-20(24)22-26-21(25)23(2)3/h4-19H2,1-3H3,(H,22,24). The van der Waals surface area contributed by atoms with E-state index in [2.05, 4.69) is 11.6 Å². The van der Waals surface area contributed by atoms with Crippen LogP contribution in [-0.2, 0) is 4.79 Å². The molecule has 0 atom stereocenters. The number of rotatable bonds is 16. The molecule has 0 aromatic carbocycles. The molecule has 0 heterocycles. The summed E-state index contributed by atoms with van der Waals surface area (Å²) in [4.78, 5) is 13.5. The van der Waals surface area contributed by atoms with E-state index in [0.717, 1.165) is 12.8 Å². The van der Waals surface area contributed by atoms with Crippen molar-refractivity contribution >= 4 is 34.4 Å². The van der Waals surface area contributed by atoms with Gasteiger partial charge in [0.15, 0.2) is 4.32 Å². The van der Waals surface area contributed by atoms with E-state index in [9.17, 15) is 4.79 Å². The van der Waals surface area contributed by atoms with Gasteiger partial charge in [-0.25, -0.2) is 0 Å². The predicted octanol–water partition coefficient (Wildman–Crippen LogP) is 6.86. The van der Waals surface area contributed by atoms with Crippen LogP contribution in [0.2, 0.25) is 0 Å². The molecule has 5 heteroatoms. The molecule has 0 spiro atoms. The topological polar surface area (TPSA) is 32.3 Å². The van der Waals surface area contributed by atoms with Gasteiger partial charge in [-0.05, 0) is 6.42 Å². The van der Waals surface area contributed by atoms with Crippen molar-refractivity contribution in [2.75, 3.05) is 14.1 Å². The molecule has 0 rings (SSSR count). The van der Waals surface area contributed by atoms with Gasteiger partial charge in [0, 0.05) is 32.5 Å². The van der Waals surface area contributed by atoms with E-state index < -0.39 is 0 Å². The lowest BCUT2D eigenvalue weighted by Gasteiger charge is -2.12. The lowest BCUT2D eigenvalue weighted by Crippen LogP contribution is -2.24. The maximum absolute atomic E-state index is 11.7. The Morgan fingerprint density at radius 2 is 1.15 bits per heavy atom. The summed E-state index contributed by atoms with van der Waals surface area (Å²) in [6.07, 6.45) is 20.8. The number of amides is 1. The van der Waals surface area contributed by atoms with Crippen molar-refractivity contribution < 1.29 is 4.79 Å². The first-order valence-electron chi connectivity index (χ1n) is 10.7. The third-order valence-electron chi connectivity index (χ3n) is 4.62. The van der Waals surface area contributed by atoms with Crippen molar-refractivity contribution in [3.63, 3.8) is 0 Å². The Labute approximate surface area is 172 Å². The van der Waals surface area contributed by atoms with Crippen molar-refractivity contribution in [3.8, 4) is 0 Å². The van der Waals surface area contributed by atoms with Crippen molar-refractivity contribution in [1.82, 2.24) is 9.62 Å². The van der Waals surface area contributed by atoms with Crippen LogP contribution in [0.1, 0.15) is 110 Å². The second-order valence-corrected chi connectivity index (χ2v) is 8.93. The SMILES string of the molecule is CCCCCCCCCCCCCCCCCC(=O)NSC(=S)N(C)C. The van der Waals surface area contributed by atoms with Crippen molar-refractivity contribution in [2.45, 2.75) is 110 Å². The smallest absolute Gasteiger partial charge is 0.230 e. The van der Waals surface area contributed by atoms with Crippen molar-refractivity contribution in [1.29, 1.82) is 0 Å². The zero-order valence-electron chi connectivity index (χ0n) is 17.5. The average molecular weight is 403 g/mol. The van der Waals surface area contributed by atoms with E-state index in [-0.39, 0.29) is 5.91 Å². The van der Waals surface area contributed by atoms with Crippen LogP contribution in [0.4, 0.5) is 0 Å². The molecule has 0 aromatic heterocycles. The first-order valence-corrected chi connectivity index (χ1v) is 12.0. The predicted molar refractivity (Wildman–Crippen MR) is 122 cm³/mol. The molecule has 0 aliphatic rings. The van der Waals surface area contributed by atoms with Gasteiger partial charge in [-0.3, -0.25) is 9.52 Å². The van der Waals surface area contributed by atoms with Gasteiger partial charge in [0.25, 0.3) is 0 Å². The quantitative estimate of drug-likeness (QED) is 0.174. The van der Waals surface area contributed by atoms with E-state index in [1.807, 2.05) is 19.0 Å². The van der Waals surface area contributed by atoms with Crippen LogP contribution in [-0.4, -0.2) is 29.2 Å². The summed E-state index contributed by atoms with van der Waals surface area (Å²) in [5.74, 6) is 0.0916. The fraction of sp³-hybridized carbons (Fsp3) is 0.905. The van der Waals surface area contributed by atoms with Crippen LogP contribution in [0.15, 0.2) is 0 Å². The van der Waals surface area contributed by atoms with Crippen LogP contribution in [0.25, 0.3) is 0 Å². The molecule has 0 fully saturated rings. The molecular weight excluding hydrogens is 360 g/mol.